The Morgan fingerprint density at radius 2 is 1.64 bits per heavy atom. The summed E-state index contributed by atoms with van der Waals surface area (Å²) in [7, 11) is 3.80. The minimum atomic E-state index is 0.0129. The Kier molecular flexibility index (Phi) is 4.31. The number of anilines is 1. The van der Waals surface area contributed by atoms with Crippen molar-refractivity contribution in [2.75, 3.05) is 19.0 Å². The monoisotopic (exact) mass is 367 g/mol. The molecule has 126 valence electrons. The Hall–Kier alpha value is -2.18. The first kappa shape index (κ1) is 16.3. The highest BCUT2D eigenvalue weighted by atomic mass is 32.2. The molecule has 0 radical (unpaired) electrons. The summed E-state index contributed by atoms with van der Waals surface area (Å²) < 4.78 is 0. The largest absolute Gasteiger partial charge is 0.337 e. The third-order valence-corrected chi connectivity index (χ3v) is 6.67. The van der Waals surface area contributed by atoms with Gasteiger partial charge in [0.1, 0.15) is 4.91 Å². The smallest absolute Gasteiger partial charge is 0.269 e. The molecule has 0 unspecified atom stereocenters. The van der Waals surface area contributed by atoms with Crippen LogP contribution >= 0.6 is 23.5 Å². The number of hydrogen-bond donors (Lipinski definition) is 0. The summed E-state index contributed by atoms with van der Waals surface area (Å²) in [4.78, 5) is 23.0. The van der Waals surface area contributed by atoms with Crippen molar-refractivity contribution in [3.63, 3.8) is 0 Å². The maximum Gasteiger partial charge on any atom is 0.269 e. The van der Waals surface area contributed by atoms with Gasteiger partial charge in [0, 0.05) is 19.0 Å². The topological polar surface area (TPSA) is 35.9 Å². The molecule has 6 heteroatoms. The lowest BCUT2D eigenvalue weighted by molar-refractivity contribution is -0.121. The molecule has 0 saturated carbocycles. The predicted octanol–water partition coefficient (Wildman–Crippen LogP) is 4.16. The van der Waals surface area contributed by atoms with E-state index in [1.165, 1.54) is 16.7 Å². The average molecular weight is 367 g/mol. The first-order chi connectivity index (χ1) is 12.1. The van der Waals surface area contributed by atoms with Crippen LogP contribution in [0.4, 0.5) is 5.69 Å². The number of aliphatic imine (C=N–C) groups is 1. The second-order valence-corrected chi connectivity index (χ2v) is 7.82. The van der Waals surface area contributed by atoms with Gasteiger partial charge in [0.15, 0.2) is 5.17 Å². The number of carbonyl (C=O) groups excluding carboxylic acids is 1. The van der Waals surface area contributed by atoms with Crippen LogP contribution in [-0.4, -0.2) is 30.1 Å². The van der Waals surface area contributed by atoms with Crippen molar-refractivity contribution in [3.05, 3.63) is 70.1 Å². The molecule has 4 rings (SSSR count). The number of carbonyl (C=O) groups is 1. The molecule has 1 fully saturated rings. The van der Waals surface area contributed by atoms with Crippen molar-refractivity contribution in [1.29, 1.82) is 0 Å². The van der Waals surface area contributed by atoms with Gasteiger partial charge < -0.3 is 4.90 Å². The van der Waals surface area contributed by atoms with Gasteiger partial charge in [-0.1, -0.05) is 54.2 Å². The molecule has 4 nitrogen and oxygen atoms in total. The lowest BCUT2D eigenvalue weighted by Gasteiger charge is -2.14. The van der Waals surface area contributed by atoms with Gasteiger partial charge in [-0.05, 0) is 29.5 Å². The van der Waals surface area contributed by atoms with Gasteiger partial charge in [-0.2, -0.15) is 0 Å². The van der Waals surface area contributed by atoms with E-state index in [1.54, 1.807) is 23.7 Å². The molecular weight excluding hydrogens is 350 g/mol. The molecule has 1 amide bonds. The highest BCUT2D eigenvalue weighted by Gasteiger charge is 2.37. The molecule has 0 N–H and O–H groups in total. The van der Waals surface area contributed by atoms with Crippen LogP contribution in [0.15, 0.2) is 74.4 Å². The Morgan fingerprint density at radius 3 is 2.40 bits per heavy atom. The van der Waals surface area contributed by atoms with Crippen LogP contribution in [0.5, 0.6) is 0 Å². The van der Waals surface area contributed by atoms with E-state index in [1.807, 2.05) is 49.5 Å². The number of amidine groups is 1. The predicted molar refractivity (Wildman–Crippen MR) is 106 cm³/mol. The van der Waals surface area contributed by atoms with E-state index < -0.39 is 0 Å². The fraction of sp³-hybridized carbons (Fsp3) is 0.158. The van der Waals surface area contributed by atoms with Crippen LogP contribution in [0, 0.1) is 0 Å². The second-order valence-electron chi connectivity index (χ2n) is 5.81. The van der Waals surface area contributed by atoms with E-state index in [2.05, 4.69) is 22.0 Å². The molecule has 2 aliphatic rings. The SMILES string of the molecule is CN1C(=O)/C(=C2/Sc3ccccc3N2C)SC1=NCc1ccccc1. The molecule has 0 atom stereocenters. The van der Waals surface area contributed by atoms with Crippen LogP contribution in [-0.2, 0) is 11.3 Å². The van der Waals surface area contributed by atoms with Crippen molar-refractivity contribution in [3.8, 4) is 0 Å². The maximum absolute atomic E-state index is 12.7. The molecule has 2 aromatic carbocycles. The first-order valence-electron chi connectivity index (χ1n) is 7.94. The van der Waals surface area contributed by atoms with E-state index in [-0.39, 0.29) is 5.91 Å². The summed E-state index contributed by atoms with van der Waals surface area (Å²) >= 11 is 3.11. The number of thioether (sulfide) groups is 2. The number of likely N-dealkylation sites (N-methyl/N-ethyl adjacent to an activating group) is 1. The standard InChI is InChI=1S/C19H17N3OS2/c1-21-14-10-6-7-11-15(14)24-18(21)16-17(23)22(2)19(25-16)20-12-13-8-4-3-5-9-13/h3-11H,12H2,1-2H3/b18-16-,20-19?. The Bertz CT molecular complexity index is 893. The van der Waals surface area contributed by atoms with Crippen LogP contribution in [0.1, 0.15) is 5.56 Å². The van der Waals surface area contributed by atoms with Gasteiger partial charge >= 0.3 is 0 Å². The van der Waals surface area contributed by atoms with Gasteiger partial charge in [-0.15, -0.1) is 0 Å². The zero-order chi connectivity index (χ0) is 17.4. The van der Waals surface area contributed by atoms with Gasteiger partial charge in [0.2, 0.25) is 0 Å². The number of para-hydroxylation sites is 1. The molecule has 25 heavy (non-hydrogen) atoms. The zero-order valence-electron chi connectivity index (χ0n) is 14.0. The summed E-state index contributed by atoms with van der Waals surface area (Å²) in [5.74, 6) is 0.0129. The minimum absolute atomic E-state index is 0.0129. The van der Waals surface area contributed by atoms with Crippen molar-refractivity contribution >= 4 is 40.3 Å². The van der Waals surface area contributed by atoms with Crippen molar-refractivity contribution in [1.82, 2.24) is 4.90 Å². The maximum atomic E-state index is 12.7. The lowest BCUT2D eigenvalue weighted by Crippen LogP contribution is -2.25. The van der Waals surface area contributed by atoms with E-state index >= 15 is 0 Å². The fourth-order valence-electron chi connectivity index (χ4n) is 2.76. The minimum Gasteiger partial charge on any atom is -0.337 e. The summed E-state index contributed by atoms with van der Waals surface area (Å²) in [5.41, 5.74) is 2.28. The van der Waals surface area contributed by atoms with E-state index in [4.69, 9.17) is 0 Å². The van der Waals surface area contributed by atoms with Crippen LogP contribution in [0.3, 0.4) is 0 Å². The number of nitrogens with zero attached hydrogens (tertiary/aromatic N) is 3. The normalized spacial score (nSPS) is 21.4. The number of fused-ring (bicyclic) bond motifs is 1. The first-order valence-corrected chi connectivity index (χ1v) is 9.57. The van der Waals surface area contributed by atoms with Gasteiger partial charge in [-0.25, -0.2) is 0 Å². The van der Waals surface area contributed by atoms with Crippen LogP contribution in [0.2, 0.25) is 0 Å². The van der Waals surface area contributed by atoms with Gasteiger partial charge in [0.25, 0.3) is 5.91 Å². The highest BCUT2D eigenvalue weighted by molar-refractivity contribution is 8.19. The molecule has 0 bridgehead atoms. The van der Waals surface area contributed by atoms with Crippen molar-refractivity contribution in [2.45, 2.75) is 11.4 Å². The Balaban J connectivity index is 1.62. The van der Waals surface area contributed by atoms with Crippen molar-refractivity contribution < 1.29 is 4.79 Å². The summed E-state index contributed by atoms with van der Waals surface area (Å²) in [5, 5.41) is 1.73. The molecule has 1 saturated heterocycles. The quantitative estimate of drug-likeness (QED) is 0.747. The number of amides is 1. The molecule has 0 spiro atoms. The number of rotatable bonds is 2. The third-order valence-electron chi connectivity index (χ3n) is 4.15. The fourth-order valence-corrected chi connectivity index (χ4v) is 5.07. The molecule has 0 aliphatic carbocycles. The van der Waals surface area contributed by atoms with E-state index in [9.17, 15) is 4.79 Å². The Labute approximate surface area is 155 Å². The summed E-state index contributed by atoms with van der Waals surface area (Å²) in [6.45, 7) is 0.576. The average Bonchev–Trinajstić information content (AvgIpc) is 3.12. The Morgan fingerprint density at radius 1 is 0.920 bits per heavy atom. The van der Waals surface area contributed by atoms with Crippen LogP contribution < -0.4 is 4.90 Å². The number of benzene rings is 2. The molecule has 2 aliphatic heterocycles. The van der Waals surface area contributed by atoms with Crippen molar-refractivity contribution in [2.24, 2.45) is 4.99 Å². The lowest BCUT2D eigenvalue weighted by atomic mass is 10.2. The van der Waals surface area contributed by atoms with Crippen LogP contribution in [0.25, 0.3) is 0 Å². The highest BCUT2D eigenvalue weighted by Crippen LogP contribution is 2.49. The zero-order valence-corrected chi connectivity index (χ0v) is 15.6. The number of hydrogen-bond acceptors (Lipinski definition) is 5. The summed E-state index contributed by atoms with van der Waals surface area (Å²) in [6.07, 6.45) is 0. The van der Waals surface area contributed by atoms with E-state index in [0.29, 0.717) is 6.54 Å². The second kappa shape index (κ2) is 6.61. The third kappa shape index (κ3) is 2.96. The molecular formula is C19H17N3OS2. The molecule has 2 aromatic rings. The summed E-state index contributed by atoms with van der Waals surface area (Å²) in [6, 6.07) is 18.3. The molecule has 0 aromatic heterocycles. The van der Waals surface area contributed by atoms with Gasteiger partial charge in [-0.3, -0.25) is 14.7 Å². The molecule has 2 heterocycles. The van der Waals surface area contributed by atoms with Gasteiger partial charge in [0.05, 0.1) is 17.3 Å². The van der Waals surface area contributed by atoms with E-state index in [0.717, 1.165) is 26.4 Å².